The number of amides is 2. The van der Waals surface area contributed by atoms with Crippen LogP contribution in [0.1, 0.15) is 17.0 Å². The second-order valence-electron chi connectivity index (χ2n) is 7.97. The summed E-state index contributed by atoms with van der Waals surface area (Å²) in [5.74, 6) is -1.05. The summed E-state index contributed by atoms with van der Waals surface area (Å²) in [6, 6.07) is 16.6. The molecule has 1 N–H and O–H groups in total. The zero-order valence-electron chi connectivity index (χ0n) is 19.7. The first-order valence-electron chi connectivity index (χ1n) is 11.1. The Bertz CT molecular complexity index is 1280. The molecule has 0 radical (unpaired) electrons. The van der Waals surface area contributed by atoms with Crippen LogP contribution in [0, 0.1) is 13.8 Å². The molecule has 9 heteroatoms. The van der Waals surface area contributed by atoms with Crippen LogP contribution < -0.4 is 15.0 Å². The van der Waals surface area contributed by atoms with Crippen molar-refractivity contribution in [1.82, 2.24) is 15.1 Å². The Kier molecular flexibility index (Phi) is 6.96. The summed E-state index contributed by atoms with van der Waals surface area (Å²) >= 11 is 0. The van der Waals surface area contributed by atoms with Crippen molar-refractivity contribution in [2.24, 2.45) is 0 Å². The molecule has 0 bridgehead atoms. The van der Waals surface area contributed by atoms with Gasteiger partial charge in [0.25, 0.3) is 11.8 Å². The van der Waals surface area contributed by atoms with Gasteiger partial charge in [-0.15, -0.1) is 0 Å². The number of esters is 1. The lowest BCUT2D eigenvalue weighted by Crippen LogP contribution is -2.51. The number of aryl methyl sites for hydroxylation is 1. The van der Waals surface area contributed by atoms with Crippen molar-refractivity contribution in [3.8, 4) is 11.4 Å². The van der Waals surface area contributed by atoms with Crippen molar-refractivity contribution in [1.29, 1.82) is 0 Å². The van der Waals surface area contributed by atoms with E-state index in [1.807, 2.05) is 48.9 Å². The van der Waals surface area contributed by atoms with Crippen LogP contribution >= 0.6 is 0 Å². The quantitative estimate of drug-likeness (QED) is 0.435. The molecule has 1 aromatic heterocycles. The molecule has 4 rings (SSSR count). The molecule has 1 aliphatic rings. The summed E-state index contributed by atoms with van der Waals surface area (Å²) in [7, 11) is 1.50. The van der Waals surface area contributed by atoms with Gasteiger partial charge in [-0.3, -0.25) is 9.59 Å². The predicted octanol–water partition coefficient (Wildman–Crippen LogP) is 2.59. The van der Waals surface area contributed by atoms with E-state index >= 15 is 0 Å². The summed E-state index contributed by atoms with van der Waals surface area (Å²) in [6.07, 6.45) is 2.05. The van der Waals surface area contributed by atoms with E-state index in [2.05, 4.69) is 10.4 Å². The molecule has 9 nitrogen and oxygen atoms in total. The molecule has 0 saturated carbocycles. The van der Waals surface area contributed by atoms with Crippen molar-refractivity contribution in [2.45, 2.75) is 20.0 Å². The molecule has 180 valence electrons. The summed E-state index contributed by atoms with van der Waals surface area (Å²) in [5, 5.41) is 7.08. The minimum Gasteiger partial charge on any atom is -0.477 e. The van der Waals surface area contributed by atoms with Crippen molar-refractivity contribution < 1.29 is 23.9 Å². The number of para-hydroxylation sites is 3. The number of anilines is 1. The Balaban J connectivity index is 1.42. The van der Waals surface area contributed by atoms with Gasteiger partial charge in [0.15, 0.2) is 12.7 Å². The van der Waals surface area contributed by atoms with E-state index in [0.717, 1.165) is 22.6 Å². The lowest BCUT2D eigenvalue weighted by Gasteiger charge is -2.33. The second kappa shape index (κ2) is 10.3. The lowest BCUT2D eigenvalue weighted by atomic mass is 10.1. The Morgan fingerprint density at radius 1 is 1.11 bits per heavy atom. The Morgan fingerprint density at radius 3 is 2.57 bits per heavy atom. The molecule has 2 amide bonds. The van der Waals surface area contributed by atoms with Gasteiger partial charge in [0.05, 0.1) is 23.6 Å². The molecule has 0 fully saturated rings. The molecular formula is C26H26N4O5. The fourth-order valence-electron chi connectivity index (χ4n) is 3.89. The van der Waals surface area contributed by atoms with E-state index in [1.165, 1.54) is 18.0 Å². The van der Waals surface area contributed by atoms with E-state index < -0.39 is 24.6 Å². The average Bonchev–Trinajstić information content (AvgIpc) is 3.18. The number of ether oxygens (including phenoxy) is 2. The second-order valence-corrected chi connectivity index (χ2v) is 7.97. The third-order valence-electron chi connectivity index (χ3n) is 5.69. The van der Waals surface area contributed by atoms with E-state index in [1.54, 1.807) is 30.3 Å². The van der Waals surface area contributed by atoms with Crippen molar-refractivity contribution in [3.05, 3.63) is 77.6 Å². The fraction of sp³-hybridized carbons (Fsp3) is 0.231. The van der Waals surface area contributed by atoms with Gasteiger partial charge in [-0.1, -0.05) is 30.3 Å². The van der Waals surface area contributed by atoms with E-state index in [-0.39, 0.29) is 12.5 Å². The van der Waals surface area contributed by atoms with Gasteiger partial charge in [-0.25, -0.2) is 9.48 Å². The Labute approximate surface area is 202 Å². The zero-order chi connectivity index (χ0) is 24.9. The normalized spacial score (nSPS) is 14.8. The number of nitrogens with one attached hydrogen (secondary N) is 1. The van der Waals surface area contributed by atoms with Crippen LogP contribution in [0.3, 0.4) is 0 Å². The van der Waals surface area contributed by atoms with Crippen LogP contribution in [-0.2, 0) is 19.1 Å². The number of carbonyl (C=O) groups excluding carboxylic acids is 3. The average molecular weight is 475 g/mol. The van der Waals surface area contributed by atoms with E-state index in [9.17, 15) is 14.4 Å². The van der Waals surface area contributed by atoms with Gasteiger partial charge in [0, 0.05) is 24.4 Å². The first-order chi connectivity index (χ1) is 16.9. The van der Waals surface area contributed by atoms with Gasteiger partial charge in [-0.2, -0.15) is 5.10 Å². The third kappa shape index (κ3) is 5.08. The minimum atomic E-state index is -0.860. The van der Waals surface area contributed by atoms with Crippen LogP contribution in [0.15, 0.2) is 60.7 Å². The smallest absolute Gasteiger partial charge is 0.331 e. The summed E-state index contributed by atoms with van der Waals surface area (Å²) in [5.41, 5.74) is 3.87. The van der Waals surface area contributed by atoms with Crippen molar-refractivity contribution in [2.75, 3.05) is 25.1 Å². The number of likely N-dealkylation sites (N-methyl/N-ethyl adjacent to an activating group) is 1. The number of aromatic nitrogens is 2. The maximum atomic E-state index is 12.9. The maximum absolute atomic E-state index is 12.9. The molecule has 2 heterocycles. The zero-order valence-corrected chi connectivity index (χ0v) is 19.7. The molecule has 3 aromatic rings. The van der Waals surface area contributed by atoms with Gasteiger partial charge < -0.3 is 19.7 Å². The standard InChI is InChI=1S/C26H26N4O5/c1-17-20(18(2)30(28-17)19-9-5-4-6-10-19)13-14-25(32)34-16-24(31)29-15-23(26(33)27-3)35-22-12-8-7-11-21(22)29/h4-14,23H,15-16H2,1-3H3,(H,27,33)/b14-13+. The van der Waals surface area contributed by atoms with Gasteiger partial charge in [0.2, 0.25) is 0 Å². The van der Waals surface area contributed by atoms with Crippen LogP contribution in [0.4, 0.5) is 5.69 Å². The molecule has 1 atom stereocenters. The Hall–Kier alpha value is -4.40. The number of hydrogen-bond donors (Lipinski definition) is 1. The predicted molar refractivity (Wildman–Crippen MR) is 130 cm³/mol. The fourth-order valence-corrected chi connectivity index (χ4v) is 3.89. The maximum Gasteiger partial charge on any atom is 0.331 e. The molecule has 0 aliphatic carbocycles. The number of rotatable bonds is 6. The summed E-state index contributed by atoms with van der Waals surface area (Å²) < 4.78 is 12.7. The van der Waals surface area contributed by atoms with Gasteiger partial charge in [-0.05, 0) is 44.2 Å². The largest absolute Gasteiger partial charge is 0.477 e. The number of fused-ring (bicyclic) bond motifs is 1. The van der Waals surface area contributed by atoms with Gasteiger partial charge >= 0.3 is 5.97 Å². The number of nitrogens with zero attached hydrogens (tertiary/aromatic N) is 3. The molecule has 0 spiro atoms. The molecule has 1 unspecified atom stereocenters. The van der Waals surface area contributed by atoms with Crippen molar-refractivity contribution in [3.63, 3.8) is 0 Å². The van der Waals surface area contributed by atoms with Crippen molar-refractivity contribution >= 4 is 29.5 Å². The van der Waals surface area contributed by atoms with Crippen LogP contribution in [0.5, 0.6) is 5.75 Å². The molecular weight excluding hydrogens is 448 g/mol. The lowest BCUT2D eigenvalue weighted by molar-refractivity contribution is -0.143. The molecule has 2 aromatic carbocycles. The van der Waals surface area contributed by atoms with E-state index in [4.69, 9.17) is 9.47 Å². The SMILES string of the molecule is CNC(=O)C1CN(C(=O)COC(=O)/C=C/c2c(C)nn(-c3ccccc3)c2C)c2ccccc2O1. The van der Waals surface area contributed by atoms with Crippen LogP contribution in [-0.4, -0.2) is 53.9 Å². The summed E-state index contributed by atoms with van der Waals surface area (Å²) in [4.78, 5) is 38.8. The monoisotopic (exact) mass is 474 g/mol. The summed E-state index contributed by atoms with van der Waals surface area (Å²) in [6.45, 7) is 3.32. The number of carbonyl (C=O) groups is 3. The topological polar surface area (TPSA) is 103 Å². The van der Waals surface area contributed by atoms with Crippen LogP contribution in [0.2, 0.25) is 0 Å². The highest BCUT2D eigenvalue weighted by Crippen LogP contribution is 2.33. The van der Waals surface area contributed by atoms with Gasteiger partial charge in [0.1, 0.15) is 5.75 Å². The highest BCUT2D eigenvalue weighted by atomic mass is 16.5. The first kappa shape index (κ1) is 23.7. The molecule has 1 aliphatic heterocycles. The first-order valence-corrected chi connectivity index (χ1v) is 11.1. The minimum absolute atomic E-state index is 0.0139. The number of benzene rings is 2. The van der Waals surface area contributed by atoms with E-state index in [0.29, 0.717) is 11.4 Å². The Morgan fingerprint density at radius 2 is 1.83 bits per heavy atom. The number of hydrogen-bond acceptors (Lipinski definition) is 6. The third-order valence-corrected chi connectivity index (χ3v) is 5.69. The molecule has 35 heavy (non-hydrogen) atoms. The molecule has 0 saturated heterocycles. The highest BCUT2D eigenvalue weighted by Gasteiger charge is 2.33. The highest BCUT2D eigenvalue weighted by molar-refractivity contribution is 5.99. The van der Waals surface area contributed by atoms with Crippen LogP contribution in [0.25, 0.3) is 11.8 Å².